The Bertz CT molecular complexity index is 1110. The Labute approximate surface area is 201 Å². The van der Waals surface area contributed by atoms with E-state index in [9.17, 15) is 25.5 Å². The normalized spacial score (nSPS) is 10.4. The summed E-state index contributed by atoms with van der Waals surface area (Å²) >= 11 is 0. The molecule has 3 rings (SSSR count). The van der Waals surface area contributed by atoms with Gasteiger partial charge in [0.15, 0.2) is 11.5 Å². The van der Waals surface area contributed by atoms with E-state index >= 15 is 0 Å². The highest BCUT2D eigenvalue weighted by Gasteiger charge is 2.24. The third kappa shape index (κ3) is 6.25. The molecule has 0 atom stereocenters. The largest absolute Gasteiger partial charge is 0.513 e. The average molecular weight is 467 g/mol. The van der Waals surface area contributed by atoms with Gasteiger partial charge in [-0.3, -0.25) is 0 Å². The number of aryl methyl sites for hydroxylation is 1. The van der Waals surface area contributed by atoms with Crippen LogP contribution in [0.15, 0.2) is 66.9 Å². The molecule has 3 aromatic rings. The molecule has 0 aromatic heterocycles. The van der Waals surface area contributed by atoms with Gasteiger partial charge in [-0.15, -0.1) is 0 Å². The first-order valence-corrected chi connectivity index (χ1v) is 11.0. The number of rotatable bonds is 4. The molecule has 0 saturated heterocycles. The lowest BCUT2D eigenvalue weighted by Crippen LogP contribution is -1.94. The highest BCUT2D eigenvalue weighted by Crippen LogP contribution is 2.54. The highest BCUT2D eigenvalue weighted by molar-refractivity contribution is 5.87. The fourth-order valence-corrected chi connectivity index (χ4v) is 3.34. The Morgan fingerprint density at radius 2 is 1.24 bits per heavy atom. The van der Waals surface area contributed by atoms with Crippen LogP contribution in [0.2, 0.25) is 0 Å². The van der Waals surface area contributed by atoms with E-state index in [1.54, 1.807) is 12.1 Å². The Morgan fingerprint density at radius 1 is 0.794 bits per heavy atom. The summed E-state index contributed by atoms with van der Waals surface area (Å²) in [4.78, 5) is 0. The number of phenols is 5. The van der Waals surface area contributed by atoms with Crippen LogP contribution in [0.25, 0.3) is 16.7 Å². The van der Waals surface area contributed by atoms with Crippen molar-refractivity contribution in [2.75, 3.05) is 0 Å². The van der Waals surface area contributed by atoms with Crippen LogP contribution in [0.1, 0.15) is 51.3 Å². The highest BCUT2D eigenvalue weighted by atomic mass is 16.4. The Kier molecular flexibility index (Phi) is 10.6. The summed E-state index contributed by atoms with van der Waals surface area (Å²) in [6, 6.07) is 15.1. The van der Waals surface area contributed by atoms with Crippen molar-refractivity contribution in [3.8, 4) is 39.9 Å². The maximum atomic E-state index is 10.1. The summed E-state index contributed by atoms with van der Waals surface area (Å²) in [5.41, 5.74) is 4.57. The number of hydrogen-bond acceptors (Lipinski definition) is 6. The van der Waals surface area contributed by atoms with E-state index in [0.29, 0.717) is 5.56 Å². The number of allylic oxidation sites excluding steroid dienone is 2. The van der Waals surface area contributed by atoms with Crippen LogP contribution >= 0.6 is 0 Å². The molecule has 0 aliphatic heterocycles. The van der Waals surface area contributed by atoms with Crippen LogP contribution in [0.3, 0.4) is 0 Å². The second-order valence-corrected chi connectivity index (χ2v) is 7.14. The molecular formula is C28H34O6. The van der Waals surface area contributed by atoms with Gasteiger partial charge in [0.05, 0.1) is 11.3 Å². The molecular weight excluding hydrogens is 432 g/mol. The molecule has 0 heterocycles. The van der Waals surface area contributed by atoms with Crippen molar-refractivity contribution in [2.24, 2.45) is 0 Å². The first kappa shape index (κ1) is 28.0. The number of benzene rings is 3. The predicted octanol–water partition coefficient (Wildman–Crippen LogP) is 7.00. The zero-order chi connectivity index (χ0) is 26.0. The summed E-state index contributed by atoms with van der Waals surface area (Å²) in [7, 11) is 0. The quantitative estimate of drug-likeness (QED) is 0.140. The first-order valence-electron chi connectivity index (χ1n) is 11.0. The zero-order valence-corrected chi connectivity index (χ0v) is 20.3. The molecule has 0 bridgehead atoms. The molecule has 34 heavy (non-hydrogen) atoms. The second kappa shape index (κ2) is 12.8. The van der Waals surface area contributed by atoms with Crippen LogP contribution in [0.4, 0.5) is 0 Å². The maximum absolute atomic E-state index is 10.1. The summed E-state index contributed by atoms with van der Waals surface area (Å²) in [5, 5.41) is 57.1. The molecule has 0 saturated carbocycles. The van der Waals surface area contributed by atoms with E-state index in [4.69, 9.17) is 5.11 Å². The minimum Gasteiger partial charge on any atom is -0.513 e. The Balaban J connectivity index is 0.000000872. The van der Waals surface area contributed by atoms with Crippen molar-refractivity contribution in [1.82, 2.24) is 0 Å². The fraction of sp³-hybridized carbons (Fsp3) is 0.214. The van der Waals surface area contributed by atoms with E-state index in [1.807, 2.05) is 51.1 Å². The topological polar surface area (TPSA) is 121 Å². The molecule has 6 N–H and O–H groups in total. The monoisotopic (exact) mass is 466 g/mol. The van der Waals surface area contributed by atoms with E-state index in [2.05, 4.69) is 25.6 Å². The van der Waals surface area contributed by atoms with E-state index in [1.165, 1.54) is 12.5 Å². The molecule has 0 aliphatic carbocycles. The number of phenolic OH excluding ortho intramolecular Hbond substituents is 5. The van der Waals surface area contributed by atoms with E-state index < -0.39 is 28.7 Å². The van der Waals surface area contributed by atoms with Crippen LogP contribution in [0.5, 0.6) is 28.7 Å². The van der Waals surface area contributed by atoms with Crippen molar-refractivity contribution in [1.29, 1.82) is 0 Å². The van der Waals surface area contributed by atoms with Crippen molar-refractivity contribution in [2.45, 2.75) is 41.0 Å². The van der Waals surface area contributed by atoms with Gasteiger partial charge < -0.3 is 30.6 Å². The van der Waals surface area contributed by atoms with Gasteiger partial charge in [0.25, 0.3) is 0 Å². The number of hydrogen-bond donors (Lipinski definition) is 6. The molecule has 182 valence electrons. The van der Waals surface area contributed by atoms with Crippen LogP contribution in [-0.2, 0) is 6.42 Å². The molecule has 0 spiro atoms. The third-order valence-corrected chi connectivity index (χ3v) is 4.83. The molecule has 3 aromatic carbocycles. The van der Waals surface area contributed by atoms with Gasteiger partial charge in [0, 0.05) is 0 Å². The standard InChI is InChI=1S/C23H22O5.C3H6O.C2H6/c1-3-13-7-5-6-8-17(13)16(4-2)14-9-11-15(12-10-14)18-19(24)21(26)23(28)22(27)20(18)25;1-3(2)4;1-2/h4-12,24-28H,3H2,1-2H3;4H,1H2,2H3;1-2H3/b16-4-;;. The van der Waals surface area contributed by atoms with E-state index in [0.717, 1.165) is 23.1 Å². The SMILES string of the molecule is C/C=C(/c1ccc(-c2c(O)c(O)c(O)c(O)c2O)cc1)c1ccccc1CC.C=C(C)O.CC. The molecule has 0 amide bonds. The van der Waals surface area contributed by atoms with E-state index in [-0.39, 0.29) is 11.3 Å². The number of aliphatic hydroxyl groups excluding tert-OH is 1. The van der Waals surface area contributed by atoms with Gasteiger partial charge in [-0.25, -0.2) is 0 Å². The predicted molar refractivity (Wildman–Crippen MR) is 138 cm³/mol. The smallest absolute Gasteiger partial charge is 0.208 e. The molecule has 0 aliphatic rings. The first-order chi connectivity index (χ1) is 16.1. The van der Waals surface area contributed by atoms with Crippen LogP contribution in [-0.4, -0.2) is 30.6 Å². The van der Waals surface area contributed by atoms with Gasteiger partial charge in [0.2, 0.25) is 17.2 Å². The third-order valence-electron chi connectivity index (χ3n) is 4.83. The van der Waals surface area contributed by atoms with Gasteiger partial charge in [-0.1, -0.05) is 82.0 Å². The van der Waals surface area contributed by atoms with Crippen molar-refractivity contribution >= 4 is 5.57 Å². The number of aliphatic hydroxyl groups is 1. The summed E-state index contributed by atoms with van der Waals surface area (Å²) in [6.07, 6.45) is 2.93. The van der Waals surface area contributed by atoms with Crippen molar-refractivity contribution < 1.29 is 30.6 Å². The van der Waals surface area contributed by atoms with Gasteiger partial charge in [0.1, 0.15) is 0 Å². The van der Waals surface area contributed by atoms with Gasteiger partial charge >= 0.3 is 0 Å². The Hall–Kier alpha value is -4.06. The summed E-state index contributed by atoms with van der Waals surface area (Å²) in [6.45, 7) is 12.7. The average Bonchev–Trinajstić information content (AvgIpc) is 2.84. The van der Waals surface area contributed by atoms with Crippen molar-refractivity contribution in [3.05, 3.63) is 83.6 Å². The van der Waals surface area contributed by atoms with Crippen molar-refractivity contribution in [3.63, 3.8) is 0 Å². The second-order valence-electron chi connectivity index (χ2n) is 7.14. The molecule has 0 unspecified atom stereocenters. The summed E-state index contributed by atoms with van der Waals surface area (Å²) in [5.74, 6) is -3.99. The maximum Gasteiger partial charge on any atom is 0.208 e. The lowest BCUT2D eigenvalue weighted by Gasteiger charge is -2.15. The van der Waals surface area contributed by atoms with Crippen LogP contribution in [0, 0.1) is 0 Å². The van der Waals surface area contributed by atoms with Gasteiger partial charge in [-0.05, 0) is 48.1 Å². The lowest BCUT2D eigenvalue weighted by molar-refractivity contribution is 0.330. The Morgan fingerprint density at radius 3 is 1.68 bits per heavy atom. The minimum absolute atomic E-state index is 0.157. The molecule has 6 heteroatoms. The lowest BCUT2D eigenvalue weighted by atomic mass is 9.91. The molecule has 6 nitrogen and oxygen atoms in total. The molecule has 0 fully saturated rings. The molecule has 0 radical (unpaired) electrons. The minimum atomic E-state index is -0.970. The number of aromatic hydroxyl groups is 5. The van der Waals surface area contributed by atoms with Gasteiger partial charge in [-0.2, -0.15) is 0 Å². The summed E-state index contributed by atoms with van der Waals surface area (Å²) < 4.78 is 0. The van der Waals surface area contributed by atoms with Crippen LogP contribution < -0.4 is 0 Å². The fourth-order valence-electron chi connectivity index (χ4n) is 3.34. The zero-order valence-electron chi connectivity index (χ0n) is 20.3.